The Kier molecular flexibility index (Phi) is 2.86. The van der Waals surface area contributed by atoms with Gasteiger partial charge in [-0.2, -0.15) is 0 Å². The molecule has 0 aromatic heterocycles. The van der Waals surface area contributed by atoms with Crippen LogP contribution in [0.2, 0.25) is 0 Å². The van der Waals surface area contributed by atoms with Gasteiger partial charge in [-0.05, 0) is 121 Å². The summed E-state index contributed by atoms with van der Waals surface area (Å²) >= 11 is 0. The Labute approximate surface area is 157 Å². The summed E-state index contributed by atoms with van der Waals surface area (Å²) in [6.07, 6.45) is 19.0. The molecule has 0 aromatic rings. The highest BCUT2D eigenvalue weighted by Crippen LogP contribution is 2.78. The predicted octanol–water partition coefficient (Wildman–Crippen LogP) is 7.16. The van der Waals surface area contributed by atoms with E-state index in [2.05, 4.69) is 27.7 Å². The molecule has 8 bridgehead atoms. The van der Waals surface area contributed by atoms with E-state index in [1.54, 1.807) is 77.0 Å². The van der Waals surface area contributed by atoms with Gasteiger partial charge in [-0.15, -0.1) is 8.58 Å². The van der Waals surface area contributed by atoms with Crippen molar-refractivity contribution in [3.05, 3.63) is 0 Å². The van der Waals surface area contributed by atoms with Crippen LogP contribution in [-0.2, 0) is 0 Å². The Morgan fingerprint density at radius 2 is 0.800 bits per heavy atom. The molecule has 0 aromatic carbocycles. The van der Waals surface area contributed by atoms with Crippen LogP contribution in [0.4, 0.5) is 0 Å². The molecule has 0 nitrogen and oxygen atoms in total. The van der Waals surface area contributed by atoms with Gasteiger partial charge in [-0.1, -0.05) is 27.7 Å². The maximum absolute atomic E-state index is 2.68. The lowest BCUT2D eigenvalue weighted by Gasteiger charge is -2.70. The molecule has 8 aliphatic carbocycles. The van der Waals surface area contributed by atoms with Gasteiger partial charge < -0.3 is 0 Å². The van der Waals surface area contributed by atoms with Crippen molar-refractivity contribution in [1.82, 2.24) is 0 Å². The molecule has 8 saturated carbocycles. The van der Waals surface area contributed by atoms with Gasteiger partial charge in [0.1, 0.15) is 0 Å². The molecule has 8 aliphatic rings. The van der Waals surface area contributed by atoms with Crippen molar-refractivity contribution in [1.29, 1.82) is 0 Å². The fourth-order valence-electron chi connectivity index (χ4n) is 11.7. The second-order valence-electron chi connectivity index (χ2n) is 13.9. The molecule has 1 heteroatoms. The summed E-state index contributed by atoms with van der Waals surface area (Å²) in [6.45, 7) is 10.7. The molecule has 0 radical (unpaired) electrons. The maximum atomic E-state index is 2.68. The first-order valence-electron chi connectivity index (χ1n) is 11.3. The second-order valence-corrected chi connectivity index (χ2v) is 16.3. The minimum atomic E-state index is 0.706. The Bertz CT molecular complexity index is 544. The first kappa shape index (κ1) is 16.4. The zero-order chi connectivity index (χ0) is 17.3. The summed E-state index contributed by atoms with van der Waals surface area (Å²) in [4.78, 5) is 0. The Balaban J connectivity index is 1.36. The van der Waals surface area contributed by atoms with Gasteiger partial charge in [-0.25, -0.2) is 0 Å². The van der Waals surface area contributed by atoms with E-state index in [1.807, 2.05) is 0 Å². The first-order chi connectivity index (χ1) is 11.5. The van der Waals surface area contributed by atoms with Crippen molar-refractivity contribution in [2.45, 2.75) is 115 Å². The Hall–Kier alpha value is 0.430. The summed E-state index contributed by atoms with van der Waals surface area (Å²) in [7, 11) is 1.30. The molecule has 0 spiro atoms. The van der Waals surface area contributed by atoms with Crippen molar-refractivity contribution in [3.63, 3.8) is 0 Å². The topological polar surface area (TPSA) is 0 Å². The normalized spacial score (nSPS) is 67.7. The average Bonchev–Trinajstić information content (AvgIpc) is 2.26. The van der Waals surface area contributed by atoms with Gasteiger partial charge in [0, 0.05) is 0 Å². The van der Waals surface area contributed by atoms with E-state index < -0.39 is 0 Å². The third-order valence-corrected chi connectivity index (χ3v) is 12.0. The van der Waals surface area contributed by atoms with Gasteiger partial charge in [0.2, 0.25) is 0 Å². The van der Waals surface area contributed by atoms with Gasteiger partial charge in [-0.3, -0.25) is 0 Å². The summed E-state index contributed by atoms with van der Waals surface area (Å²) in [5, 5.41) is 1.53. The summed E-state index contributed by atoms with van der Waals surface area (Å²) in [5.41, 5.74) is 2.82. The van der Waals surface area contributed by atoms with E-state index in [4.69, 9.17) is 0 Å². The van der Waals surface area contributed by atoms with Crippen LogP contribution >= 0.6 is 8.58 Å². The largest absolute Gasteiger partial charge is 0.109 e. The molecule has 4 unspecified atom stereocenters. The van der Waals surface area contributed by atoms with Crippen molar-refractivity contribution in [2.75, 3.05) is 0 Å². The fourth-order valence-corrected chi connectivity index (χ4v) is 15.7. The molecule has 0 heterocycles. The minimum Gasteiger partial charge on any atom is -0.109 e. The van der Waals surface area contributed by atoms with Gasteiger partial charge in [0.05, 0.1) is 0 Å². The van der Waals surface area contributed by atoms with Crippen molar-refractivity contribution in [2.24, 2.45) is 33.5 Å². The van der Waals surface area contributed by atoms with Crippen molar-refractivity contribution >= 4 is 8.58 Å². The average molecular weight is 359 g/mol. The van der Waals surface area contributed by atoms with Crippen LogP contribution in [0.1, 0.15) is 105 Å². The third kappa shape index (κ3) is 2.34. The van der Waals surface area contributed by atoms with Crippen molar-refractivity contribution in [3.8, 4) is 0 Å². The molecule has 140 valence electrons. The van der Waals surface area contributed by atoms with Crippen LogP contribution in [0.5, 0.6) is 0 Å². The van der Waals surface area contributed by atoms with Gasteiger partial charge in [0.25, 0.3) is 0 Å². The molecule has 0 saturated heterocycles. The second kappa shape index (κ2) is 4.36. The molecule has 8 rings (SSSR count). The van der Waals surface area contributed by atoms with E-state index >= 15 is 0 Å². The summed E-state index contributed by atoms with van der Waals surface area (Å²) in [6, 6.07) is 0. The van der Waals surface area contributed by atoms with Crippen molar-refractivity contribution < 1.29 is 0 Å². The van der Waals surface area contributed by atoms with E-state index in [9.17, 15) is 0 Å². The standard InChI is InChI=1S/C24H39P/c1-19-5-17-6-20(2,11-19)14-23(9-17,13-19)25-24-10-18-7-21(3,15-24)12-22(4,8-18)16-24/h17-18,25H,5-16H2,1-4H3. The molecule has 0 amide bonds. The van der Waals surface area contributed by atoms with Gasteiger partial charge in [0.15, 0.2) is 0 Å². The quantitative estimate of drug-likeness (QED) is 0.459. The minimum absolute atomic E-state index is 0.706. The summed E-state index contributed by atoms with van der Waals surface area (Å²) < 4.78 is 0. The van der Waals surface area contributed by atoms with Crippen LogP contribution in [-0.4, -0.2) is 10.3 Å². The molecule has 0 aliphatic heterocycles. The monoisotopic (exact) mass is 358 g/mol. The highest BCUT2D eigenvalue weighted by Gasteiger charge is 2.65. The summed E-state index contributed by atoms with van der Waals surface area (Å²) in [5.74, 6) is 2.16. The predicted molar refractivity (Wildman–Crippen MR) is 109 cm³/mol. The lowest BCUT2D eigenvalue weighted by Crippen LogP contribution is -2.61. The number of rotatable bonds is 2. The van der Waals surface area contributed by atoms with Crippen LogP contribution < -0.4 is 0 Å². The fraction of sp³-hybridized carbons (Fsp3) is 1.00. The molecule has 8 fully saturated rings. The van der Waals surface area contributed by atoms with E-state index in [0.717, 1.165) is 22.1 Å². The lowest BCUT2D eigenvalue weighted by molar-refractivity contribution is -0.0903. The zero-order valence-corrected chi connectivity index (χ0v) is 18.1. The van der Waals surface area contributed by atoms with Crippen LogP contribution in [0.3, 0.4) is 0 Å². The number of hydrogen-bond acceptors (Lipinski definition) is 0. The Morgan fingerprint density at radius 1 is 0.480 bits per heavy atom. The first-order valence-corrected chi connectivity index (χ1v) is 12.3. The van der Waals surface area contributed by atoms with Gasteiger partial charge >= 0.3 is 0 Å². The SMILES string of the molecule is CC12CC3CC(C)(C1)CC(PC14CC5CC(C)(CC(C)(C5)C1)C4)(C3)C2. The molecule has 4 atom stereocenters. The van der Waals surface area contributed by atoms with E-state index in [0.29, 0.717) is 21.7 Å². The molecular weight excluding hydrogens is 319 g/mol. The highest BCUT2D eigenvalue weighted by atomic mass is 31.1. The maximum Gasteiger partial charge on any atom is -0.0104 e. The van der Waals surface area contributed by atoms with Crippen LogP contribution in [0, 0.1) is 33.5 Å². The zero-order valence-electron chi connectivity index (χ0n) is 17.1. The Morgan fingerprint density at radius 3 is 1.08 bits per heavy atom. The van der Waals surface area contributed by atoms with E-state index in [-0.39, 0.29) is 0 Å². The number of hydrogen-bond donors (Lipinski definition) is 0. The third-order valence-electron chi connectivity index (χ3n) is 9.78. The molecular formula is C24H39P. The molecule has 0 N–H and O–H groups in total. The highest BCUT2D eigenvalue weighted by molar-refractivity contribution is 7.42. The van der Waals surface area contributed by atoms with E-state index in [1.165, 1.54) is 8.58 Å². The molecule has 25 heavy (non-hydrogen) atoms. The lowest BCUT2D eigenvalue weighted by atomic mass is 9.44. The van der Waals surface area contributed by atoms with Crippen LogP contribution in [0.25, 0.3) is 0 Å². The smallest absolute Gasteiger partial charge is 0.0104 e. The van der Waals surface area contributed by atoms with Crippen LogP contribution in [0.15, 0.2) is 0 Å².